The van der Waals surface area contributed by atoms with E-state index in [0.717, 1.165) is 38.8 Å². The average molecular weight is 316 g/mol. The van der Waals surface area contributed by atoms with Crippen LogP contribution in [0.3, 0.4) is 0 Å². The van der Waals surface area contributed by atoms with Gasteiger partial charge in [-0.15, -0.1) is 0 Å². The van der Waals surface area contributed by atoms with Gasteiger partial charge in [-0.2, -0.15) is 0 Å². The molecular formula is C18H28N4O. The number of rotatable bonds is 4. The van der Waals surface area contributed by atoms with Crippen LogP contribution in [0.25, 0.3) is 0 Å². The lowest BCUT2D eigenvalue weighted by Gasteiger charge is -2.42. The lowest BCUT2D eigenvalue weighted by atomic mass is 10.0. The van der Waals surface area contributed by atoms with Gasteiger partial charge in [0.2, 0.25) is 5.91 Å². The molecule has 1 aromatic rings. The molecule has 126 valence electrons. The van der Waals surface area contributed by atoms with Gasteiger partial charge in [-0.1, -0.05) is 12.1 Å². The zero-order valence-corrected chi connectivity index (χ0v) is 14.1. The van der Waals surface area contributed by atoms with Crippen LogP contribution in [0.5, 0.6) is 0 Å². The third kappa shape index (κ3) is 4.31. The molecule has 0 aliphatic carbocycles. The third-order valence-corrected chi connectivity index (χ3v) is 5.14. The number of carbonyl (C=O) groups excluding carboxylic acids is 1. The topological polar surface area (TPSA) is 52.8 Å². The summed E-state index contributed by atoms with van der Waals surface area (Å²) in [5.41, 5.74) is 7.14. The predicted octanol–water partition coefficient (Wildman–Crippen LogP) is 0.997. The molecule has 2 heterocycles. The van der Waals surface area contributed by atoms with Crippen LogP contribution in [-0.4, -0.2) is 73.0 Å². The van der Waals surface area contributed by atoms with Crippen molar-refractivity contribution in [1.29, 1.82) is 0 Å². The first-order chi connectivity index (χ1) is 11.1. The molecule has 0 aromatic heterocycles. The molecule has 2 fully saturated rings. The lowest BCUT2D eigenvalue weighted by Crippen LogP contribution is -2.54. The van der Waals surface area contributed by atoms with Gasteiger partial charge in [0.1, 0.15) is 0 Å². The van der Waals surface area contributed by atoms with Crippen molar-refractivity contribution < 1.29 is 4.79 Å². The molecule has 2 saturated heterocycles. The summed E-state index contributed by atoms with van der Waals surface area (Å²) < 4.78 is 0. The number of hydrogen-bond acceptors (Lipinski definition) is 4. The quantitative estimate of drug-likeness (QED) is 0.900. The minimum Gasteiger partial charge on any atom is -0.366 e. The number of benzene rings is 1. The summed E-state index contributed by atoms with van der Waals surface area (Å²) in [6.45, 7) is 7.84. The molecule has 0 spiro atoms. The smallest absolute Gasteiger partial charge is 0.248 e. The Labute approximate surface area is 139 Å². The summed E-state index contributed by atoms with van der Waals surface area (Å²) >= 11 is 0. The van der Waals surface area contributed by atoms with E-state index >= 15 is 0 Å². The van der Waals surface area contributed by atoms with E-state index in [1.807, 2.05) is 12.1 Å². The molecule has 1 unspecified atom stereocenters. The van der Waals surface area contributed by atoms with Gasteiger partial charge in [-0.05, 0) is 44.1 Å². The first kappa shape index (κ1) is 16.4. The standard InChI is InChI=1S/C18H28N4O/c1-20-7-3-6-17(14-20)22-10-8-21(9-11-22)13-15-4-2-5-16(12-15)18(19)23/h2,4-5,12,17H,3,6-11,13-14H2,1H3,(H2,19,23). The minimum atomic E-state index is -0.349. The second-order valence-electron chi connectivity index (χ2n) is 6.94. The molecule has 1 aromatic carbocycles. The van der Waals surface area contributed by atoms with Crippen LogP contribution in [0.4, 0.5) is 0 Å². The first-order valence-electron chi connectivity index (χ1n) is 8.65. The maximum Gasteiger partial charge on any atom is 0.248 e. The lowest BCUT2D eigenvalue weighted by molar-refractivity contribution is 0.0568. The number of likely N-dealkylation sites (tertiary alicyclic amines) is 1. The van der Waals surface area contributed by atoms with Crippen molar-refractivity contribution in [2.24, 2.45) is 5.73 Å². The zero-order valence-electron chi connectivity index (χ0n) is 14.1. The fourth-order valence-electron chi connectivity index (χ4n) is 3.80. The molecule has 2 aliphatic rings. The molecule has 1 amide bonds. The Kier molecular flexibility index (Phi) is 5.30. The SMILES string of the molecule is CN1CCCC(N2CCN(Cc3cccc(C(N)=O)c3)CC2)C1. The Hall–Kier alpha value is -1.43. The number of carbonyl (C=O) groups is 1. The van der Waals surface area contributed by atoms with Crippen LogP contribution in [0.15, 0.2) is 24.3 Å². The van der Waals surface area contributed by atoms with Crippen LogP contribution in [0.1, 0.15) is 28.8 Å². The van der Waals surface area contributed by atoms with Gasteiger partial charge in [-0.3, -0.25) is 14.6 Å². The number of piperazine rings is 1. The van der Waals surface area contributed by atoms with Gasteiger partial charge in [0.15, 0.2) is 0 Å². The molecule has 23 heavy (non-hydrogen) atoms. The van der Waals surface area contributed by atoms with Crippen LogP contribution in [0.2, 0.25) is 0 Å². The summed E-state index contributed by atoms with van der Waals surface area (Å²) in [6, 6.07) is 8.43. The molecule has 5 nitrogen and oxygen atoms in total. The summed E-state index contributed by atoms with van der Waals surface area (Å²) in [4.78, 5) is 18.9. The highest BCUT2D eigenvalue weighted by atomic mass is 16.1. The molecule has 0 radical (unpaired) electrons. The van der Waals surface area contributed by atoms with Crippen LogP contribution < -0.4 is 5.73 Å². The number of primary amides is 1. The number of piperidine rings is 1. The number of nitrogens with two attached hydrogens (primary N) is 1. The Bertz CT molecular complexity index is 540. The highest BCUT2D eigenvalue weighted by Gasteiger charge is 2.26. The van der Waals surface area contributed by atoms with E-state index < -0.39 is 0 Å². The summed E-state index contributed by atoms with van der Waals surface area (Å²) in [5.74, 6) is -0.349. The largest absolute Gasteiger partial charge is 0.366 e. The number of hydrogen-bond donors (Lipinski definition) is 1. The maximum atomic E-state index is 11.3. The highest BCUT2D eigenvalue weighted by molar-refractivity contribution is 5.92. The second-order valence-corrected chi connectivity index (χ2v) is 6.94. The summed E-state index contributed by atoms with van der Waals surface area (Å²) in [7, 11) is 2.23. The Balaban J connectivity index is 1.51. The fourth-order valence-corrected chi connectivity index (χ4v) is 3.80. The maximum absolute atomic E-state index is 11.3. The van der Waals surface area contributed by atoms with Crippen LogP contribution in [0, 0.1) is 0 Å². The van der Waals surface area contributed by atoms with Crippen LogP contribution in [-0.2, 0) is 6.54 Å². The molecule has 3 rings (SSSR count). The van der Waals surface area contributed by atoms with E-state index in [4.69, 9.17) is 5.73 Å². The molecule has 0 saturated carbocycles. The Morgan fingerprint density at radius 2 is 2.00 bits per heavy atom. The molecule has 2 aliphatic heterocycles. The monoisotopic (exact) mass is 316 g/mol. The Morgan fingerprint density at radius 3 is 2.70 bits per heavy atom. The molecular weight excluding hydrogens is 288 g/mol. The molecule has 1 atom stereocenters. The van der Waals surface area contributed by atoms with Gasteiger partial charge in [0, 0.05) is 50.9 Å². The van der Waals surface area contributed by atoms with E-state index in [1.165, 1.54) is 31.5 Å². The van der Waals surface area contributed by atoms with E-state index in [0.29, 0.717) is 5.56 Å². The van der Waals surface area contributed by atoms with Crippen molar-refractivity contribution in [3.63, 3.8) is 0 Å². The number of likely N-dealkylation sites (N-methyl/N-ethyl adjacent to an activating group) is 1. The summed E-state index contributed by atoms with van der Waals surface area (Å²) in [5, 5.41) is 0. The predicted molar refractivity (Wildman–Crippen MR) is 92.3 cm³/mol. The van der Waals surface area contributed by atoms with Gasteiger partial charge in [-0.25, -0.2) is 0 Å². The average Bonchev–Trinajstić information content (AvgIpc) is 2.56. The minimum absolute atomic E-state index is 0.349. The third-order valence-electron chi connectivity index (χ3n) is 5.14. The van der Waals surface area contributed by atoms with Gasteiger partial charge < -0.3 is 10.6 Å². The van der Waals surface area contributed by atoms with E-state index in [-0.39, 0.29) is 5.91 Å². The molecule has 0 bridgehead atoms. The van der Waals surface area contributed by atoms with E-state index in [9.17, 15) is 4.79 Å². The van der Waals surface area contributed by atoms with Gasteiger partial charge in [0.25, 0.3) is 0 Å². The van der Waals surface area contributed by atoms with Crippen molar-refractivity contribution in [3.8, 4) is 0 Å². The molecule has 5 heteroatoms. The van der Waals surface area contributed by atoms with Crippen molar-refractivity contribution in [2.75, 3.05) is 46.3 Å². The van der Waals surface area contributed by atoms with Gasteiger partial charge in [0.05, 0.1) is 0 Å². The summed E-state index contributed by atoms with van der Waals surface area (Å²) in [6.07, 6.45) is 2.66. The van der Waals surface area contributed by atoms with Crippen molar-refractivity contribution in [3.05, 3.63) is 35.4 Å². The van der Waals surface area contributed by atoms with Gasteiger partial charge >= 0.3 is 0 Å². The highest BCUT2D eigenvalue weighted by Crippen LogP contribution is 2.18. The zero-order chi connectivity index (χ0) is 16.2. The second kappa shape index (κ2) is 7.43. The van der Waals surface area contributed by atoms with Crippen molar-refractivity contribution >= 4 is 5.91 Å². The normalized spacial score (nSPS) is 24.7. The van der Waals surface area contributed by atoms with Crippen molar-refractivity contribution in [2.45, 2.75) is 25.4 Å². The van der Waals surface area contributed by atoms with E-state index in [1.54, 1.807) is 6.07 Å². The number of amides is 1. The Morgan fingerprint density at radius 1 is 1.22 bits per heavy atom. The van der Waals surface area contributed by atoms with Crippen molar-refractivity contribution in [1.82, 2.24) is 14.7 Å². The number of nitrogens with zero attached hydrogens (tertiary/aromatic N) is 3. The first-order valence-corrected chi connectivity index (χ1v) is 8.65. The van der Waals surface area contributed by atoms with E-state index in [2.05, 4.69) is 27.8 Å². The fraction of sp³-hybridized carbons (Fsp3) is 0.611. The molecule has 2 N–H and O–H groups in total. The van der Waals surface area contributed by atoms with Crippen LogP contribution >= 0.6 is 0 Å².